The van der Waals surface area contributed by atoms with Crippen LogP contribution in [0, 0.1) is 6.92 Å². The van der Waals surface area contributed by atoms with Crippen LogP contribution >= 0.6 is 0 Å². The van der Waals surface area contributed by atoms with E-state index in [1.165, 1.54) is 5.69 Å². The van der Waals surface area contributed by atoms with Crippen molar-refractivity contribution in [2.45, 2.75) is 26.4 Å². The van der Waals surface area contributed by atoms with Gasteiger partial charge in [0.1, 0.15) is 0 Å². The molecule has 0 aliphatic carbocycles. The van der Waals surface area contributed by atoms with Gasteiger partial charge in [0, 0.05) is 39.3 Å². The molecule has 0 amide bonds. The lowest BCUT2D eigenvalue weighted by Crippen LogP contribution is -2.48. The molecule has 1 atom stereocenters. The molecule has 2 heterocycles. The number of hydrogen-bond donors (Lipinski definition) is 1. The first-order chi connectivity index (χ1) is 7.15. The Labute approximate surface area is 91.3 Å². The Morgan fingerprint density at radius 2 is 2.40 bits per heavy atom. The average molecular weight is 208 g/mol. The van der Waals surface area contributed by atoms with E-state index in [-0.39, 0.29) is 0 Å². The summed E-state index contributed by atoms with van der Waals surface area (Å²) in [5.41, 5.74) is 2.41. The minimum atomic E-state index is 0.605. The molecule has 4 nitrogen and oxygen atoms in total. The Bertz CT molecular complexity index is 331. The lowest BCUT2D eigenvalue weighted by atomic mass is 10.2. The summed E-state index contributed by atoms with van der Waals surface area (Å²) in [5.74, 6) is 0. The largest absolute Gasteiger partial charge is 0.312 e. The summed E-state index contributed by atoms with van der Waals surface area (Å²) >= 11 is 0. The van der Waals surface area contributed by atoms with Crippen molar-refractivity contribution in [1.82, 2.24) is 20.0 Å². The Kier molecular flexibility index (Phi) is 3.07. The van der Waals surface area contributed by atoms with Gasteiger partial charge in [-0.25, -0.2) is 0 Å². The smallest absolute Gasteiger partial charge is 0.0597 e. The van der Waals surface area contributed by atoms with Gasteiger partial charge in [-0.2, -0.15) is 5.10 Å². The molecular formula is C11H20N4. The average Bonchev–Trinajstić information content (AvgIpc) is 2.45. The summed E-state index contributed by atoms with van der Waals surface area (Å²) in [5, 5.41) is 7.82. The van der Waals surface area contributed by atoms with Crippen molar-refractivity contribution in [3.63, 3.8) is 0 Å². The molecule has 0 spiro atoms. The molecule has 0 aromatic carbocycles. The third kappa shape index (κ3) is 2.58. The summed E-state index contributed by atoms with van der Waals surface area (Å²) in [6, 6.07) is 2.78. The Balaban J connectivity index is 1.99. The highest BCUT2D eigenvalue weighted by atomic mass is 15.3. The standard InChI is InChI=1S/C11H20N4/c1-9-6-11(14(3)13-9)8-15-5-4-12-10(2)7-15/h6,10,12H,4-5,7-8H2,1-3H3/t10-/m1/s1. The van der Waals surface area contributed by atoms with Crippen LogP contribution in [0.2, 0.25) is 0 Å². The second-order valence-corrected chi connectivity index (χ2v) is 4.49. The van der Waals surface area contributed by atoms with Crippen LogP contribution in [-0.4, -0.2) is 40.4 Å². The Morgan fingerprint density at radius 1 is 1.60 bits per heavy atom. The maximum atomic E-state index is 4.37. The predicted molar refractivity (Wildman–Crippen MR) is 60.7 cm³/mol. The zero-order valence-electron chi connectivity index (χ0n) is 9.82. The number of aromatic nitrogens is 2. The summed E-state index contributed by atoms with van der Waals surface area (Å²) in [6.45, 7) is 8.66. The van der Waals surface area contributed by atoms with Crippen molar-refractivity contribution in [2.24, 2.45) is 7.05 Å². The minimum absolute atomic E-state index is 0.605. The molecule has 15 heavy (non-hydrogen) atoms. The zero-order valence-corrected chi connectivity index (χ0v) is 9.82. The van der Waals surface area contributed by atoms with Gasteiger partial charge in [0.2, 0.25) is 0 Å². The van der Waals surface area contributed by atoms with Crippen LogP contribution in [-0.2, 0) is 13.6 Å². The van der Waals surface area contributed by atoms with Crippen molar-refractivity contribution in [3.8, 4) is 0 Å². The van der Waals surface area contributed by atoms with Crippen molar-refractivity contribution in [1.29, 1.82) is 0 Å². The second kappa shape index (κ2) is 4.33. The maximum absolute atomic E-state index is 4.37. The van der Waals surface area contributed by atoms with Crippen LogP contribution in [0.25, 0.3) is 0 Å². The molecule has 0 bridgehead atoms. The van der Waals surface area contributed by atoms with Crippen LogP contribution < -0.4 is 5.32 Å². The molecule has 1 aliphatic rings. The first-order valence-corrected chi connectivity index (χ1v) is 5.60. The van der Waals surface area contributed by atoms with Crippen molar-refractivity contribution in [2.75, 3.05) is 19.6 Å². The van der Waals surface area contributed by atoms with Gasteiger partial charge in [0.15, 0.2) is 0 Å². The van der Waals surface area contributed by atoms with E-state index in [2.05, 4.69) is 28.3 Å². The zero-order chi connectivity index (χ0) is 10.8. The fraction of sp³-hybridized carbons (Fsp3) is 0.727. The monoisotopic (exact) mass is 208 g/mol. The van der Waals surface area contributed by atoms with E-state index in [1.807, 2.05) is 18.7 Å². The third-order valence-corrected chi connectivity index (χ3v) is 2.94. The summed E-state index contributed by atoms with van der Waals surface area (Å²) < 4.78 is 1.99. The topological polar surface area (TPSA) is 33.1 Å². The molecule has 1 aromatic rings. The molecule has 4 heteroatoms. The molecule has 1 aromatic heterocycles. The van der Waals surface area contributed by atoms with Crippen molar-refractivity contribution in [3.05, 3.63) is 17.5 Å². The third-order valence-electron chi connectivity index (χ3n) is 2.94. The number of rotatable bonds is 2. The van der Waals surface area contributed by atoms with E-state index in [0.29, 0.717) is 6.04 Å². The van der Waals surface area contributed by atoms with Gasteiger partial charge in [-0.3, -0.25) is 9.58 Å². The van der Waals surface area contributed by atoms with Gasteiger partial charge in [0.05, 0.1) is 11.4 Å². The molecular weight excluding hydrogens is 188 g/mol. The summed E-state index contributed by atoms with van der Waals surface area (Å²) in [6.07, 6.45) is 0. The quantitative estimate of drug-likeness (QED) is 0.769. The summed E-state index contributed by atoms with van der Waals surface area (Å²) in [7, 11) is 2.02. The van der Waals surface area contributed by atoms with E-state index in [4.69, 9.17) is 0 Å². The maximum Gasteiger partial charge on any atom is 0.0597 e. The molecule has 1 saturated heterocycles. The van der Waals surface area contributed by atoms with E-state index in [9.17, 15) is 0 Å². The van der Waals surface area contributed by atoms with E-state index in [1.54, 1.807) is 0 Å². The number of nitrogens with zero attached hydrogens (tertiary/aromatic N) is 3. The van der Waals surface area contributed by atoms with Gasteiger partial charge in [0.25, 0.3) is 0 Å². The molecule has 1 aliphatic heterocycles. The highest BCUT2D eigenvalue weighted by Crippen LogP contribution is 2.08. The first kappa shape index (κ1) is 10.6. The minimum Gasteiger partial charge on any atom is -0.312 e. The van der Waals surface area contributed by atoms with E-state index < -0.39 is 0 Å². The van der Waals surface area contributed by atoms with Crippen LogP contribution in [0.1, 0.15) is 18.3 Å². The van der Waals surface area contributed by atoms with Gasteiger partial charge < -0.3 is 5.32 Å². The molecule has 1 fully saturated rings. The molecule has 1 N–H and O–H groups in total. The number of hydrogen-bond acceptors (Lipinski definition) is 3. The molecule has 2 rings (SSSR count). The Hall–Kier alpha value is -0.870. The van der Waals surface area contributed by atoms with Crippen LogP contribution in [0.15, 0.2) is 6.07 Å². The lowest BCUT2D eigenvalue weighted by molar-refractivity contribution is 0.195. The molecule has 84 valence electrons. The number of aryl methyl sites for hydroxylation is 2. The molecule has 0 saturated carbocycles. The predicted octanol–water partition coefficient (Wildman–Crippen LogP) is 0.522. The normalized spacial score (nSPS) is 23.3. The fourth-order valence-electron chi connectivity index (χ4n) is 2.20. The second-order valence-electron chi connectivity index (χ2n) is 4.49. The van der Waals surface area contributed by atoms with Crippen LogP contribution in [0.5, 0.6) is 0 Å². The van der Waals surface area contributed by atoms with Gasteiger partial charge in [-0.05, 0) is 19.9 Å². The highest BCUT2D eigenvalue weighted by molar-refractivity contribution is 5.08. The van der Waals surface area contributed by atoms with Crippen molar-refractivity contribution < 1.29 is 0 Å². The van der Waals surface area contributed by atoms with Crippen molar-refractivity contribution >= 4 is 0 Å². The van der Waals surface area contributed by atoms with Crippen LogP contribution in [0.3, 0.4) is 0 Å². The SMILES string of the molecule is Cc1cc(CN2CCN[C@H](C)C2)n(C)n1. The number of nitrogens with one attached hydrogen (secondary N) is 1. The molecule has 0 radical (unpaired) electrons. The summed E-state index contributed by atoms with van der Waals surface area (Å²) in [4.78, 5) is 2.48. The van der Waals surface area contributed by atoms with E-state index in [0.717, 1.165) is 31.9 Å². The van der Waals surface area contributed by atoms with Gasteiger partial charge in [-0.1, -0.05) is 0 Å². The molecule has 0 unspecified atom stereocenters. The first-order valence-electron chi connectivity index (χ1n) is 5.60. The fourth-order valence-corrected chi connectivity index (χ4v) is 2.20. The lowest BCUT2D eigenvalue weighted by Gasteiger charge is -2.31. The van der Waals surface area contributed by atoms with Gasteiger partial charge in [-0.15, -0.1) is 0 Å². The van der Waals surface area contributed by atoms with Crippen LogP contribution in [0.4, 0.5) is 0 Å². The highest BCUT2D eigenvalue weighted by Gasteiger charge is 2.16. The Morgan fingerprint density at radius 3 is 3.00 bits per heavy atom. The van der Waals surface area contributed by atoms with E-state index >= 15 is 0 Å². The number of piperazine rings is 1. The van der Waals surface area contributed by atoms with Gasteiger partial charge >= 0.3 is 0 Å².